The Labute approximate surface area is 112 Å². The fourth-order valence-corrected chi connectivity index (χ4v) is 1.80. The summed E-state index contributed by atoms with van der Waals surface area (Å²) in [5, 5.41) is 2.54. The molecule has 1 amide bonds. The number of methoxy groups -OCH3 is 3. The minimum atomic E-state index is -0.518. The Morgan fingerprint density at radius 2 is 1.74 bits per heavy atom. The predicted octanol–water partition coefficient (Wildman–Crippen LogP) is 0.848. The van der Waals surface area contributed by atoms with Gasteiger partial charge in [-0.05, 0) is 0 Å². The molecular formula is C13H20N2O4. The van der Waals surface area contributed by atoms with Crippen LogP contribution in [0.15, 0.2) is 12.1 Å². The lowest BCUT2D eigenvalue weighted by atomic mass is 10.0. The monoisotopic (exact) mass is 268 g/mol. The number of nitrogens with one attached hydrogen (secondary N) is 1. The fraction of sp³-hybridized carbons (Fsp3) is 0.462. The zero-order chi connectivity index (χ0) is 14.4. The molecule has 0 spiro atoms. The Balaban J connectivity index is 3.19. The number of hydrogen-bond acceptors (Lipinski definition) is 5. The number of carbonyl (C=O) groups is 1. The van der Waals surface area contributed by atoms with E-state index >= 15 is 0 Å². The van der Waals surface area contributed by atoms with Gasteiger partial charge in [-0.1, -0.05) is 0 Å². The quantitative estimate of drug-likeness (QED) is 0.799. The molecule has 106 valence electrons. The molecule has 0 radical (unpaired) electrons. The van der Waals surface area contributed by atoms with Gasteiger partial charge in [-0.2, -0.15) is 0 Å². The maximum atomic E-state index is 11.4. The molecule has 0 aliphatic heterocycles. The summed E-state index contributed by atoms with van der Waals surface area (Å²) < 4.78 is 15.7. The van der Waals surface area contributed by atoms with Gasteiger partial charge >= 0.3 is 0 Å². The SMILES string of the molecule is CNC(=O)CC(N)c1c(OC)cc(OC)cc1OC. The Hall–Kier alpha value is -1.95. The third kappa shape index (κ3) is 3.51. The molecule has 1 aromatic carbocycles. The summed E-state index contributed by atoms with van der Waals surface area (Å²) >= 11 is 0. The molecule has 1 atom stereocenters. The zero-order valence-corrected chi connectivity index (χ0v) is 11.6. The number of rotatable bonds is 6. The lowest BCUT2D eigenvalue weighted by molar-refractivity contribution is -0.120. The van der Waals surface area contributed by atoms with Crippen molar-refractivity contribution >= 4 is 5.91 Å². The zero-order valence-electron chi connectivity index (χ0n) is 11.6. The van der Waals surface area contributed by atoms with Gasteiger partial charge in [0, 0.05) is 31.6 Å². The molecule has 1 rings (SSSR count). The van der Waals surface area contributed by atoms with Crippen molar-refractivity contribution in [3.05, 3.63) is 17.7 Å². The Morgan fingerprint density at radius 1 is 1.21 bits per heavy atom. The van der Waals surface area contributed by atoms with Crippen LogP contribution >= 0.6 is 0 Å². The average molecular weight is 268 g/mol. The normalized spacial score (nSPS) is 11.6. The van der Waals surface area contributed by atoms with Crippen LogP contribution in [0.1, 0.15) is 18.0 Å². The molecule has 1 unspecified atom stereocenters. The van der Waals surface area contributed by atoms with Gasteiger partial charge in [-0.25, -0.2) is 0 Å². The summed E-state index contributed by atoms with van der Waals surface area (Å²) in [5.41, 5.74) is 6.70. The van der Waals surface area contributed by atoms with Gasteiger partial charge in [-0.3, -0.25) is 4.79 Å². The van der Waals surface area contributed by atoms with Crippen molar-refractivity contribution in [1.82, 2.24) is 5.32 Å². The van der Waals surface area contributed by atoms with Crippen LogP contribution in [0, 0.1) is 0 Å². The van der Waals surface area contributed by atoms with Crippen LogP contribution < -0.4 is 25.3 Å². The number of hydrogen-bond donors (Lipinski definition) is 2. The van der Waals surface area contributed by atoms with E-state index in [0.29, 0.717) is 22.8 Å². The van der Waals surface area contributed by atoms with E-state index in [2.05, 4.69) is 5.32 Å². The third-order valence-corrected chi connectivity index (χ3v) is 2.81. The van der Waals surface area contributed by atoms with Crippen LogP contribution in [0.4, 0.5) is 0 Å². The number of carbonyl (C=O) groups excluding carboxylic acids is 1. The van der Waals surface area contributed by atoms with Crippen molar-refractivity contribution in [2.24, 2.45) is 5.73 Å². The second-order valence-electron chi connectivity index (χ2n) is 3.93. The number of nitrogens with two attached hydrogens (primary N) is 1. The van der Waals surface area contributed by atoms with E-state index in [-0.39, 0.29) is 12.3 Å². The van der Waals surface area contributed by atoms with Crippen molar-refractivity contribution in [1.29, 1.82) is 0 Å². The van der Waals surface area contributed by atoms with Gasteiger partial charge in [0.15, 0.2) is 0 Å². The highest BCUT2D eigenvalue weighted by molar-refractivity contribution is 5.76. The van der Waals surface area contributed by atoms with Crippen molar-refractivity contribution in [2.45, 2.75) is 12.5 Å². The standard InChI is InChI=1S/C13H20N2O4/c1-15-12(16)7-9(14)13-10(18-3)5-8(17-2)6-11(13)19-4/h5-6,9H,7,14H2,1-4H3,(H,15,16). The van der Waals surface area contributed by atoms with Crippen LogP contribution in [0.3, 0.4) is 0 Å². The van der Waals surface area contributed by atoms with E-state index < -0.39 is 6.04 Å². The van der Waals surface area contributed by atoms with E-state index in [1.54, 1.807) is 26.3 Å². The summed E-state index contributed by atoms with van der Waals surface area (Å²) in [7, 11) is 6.19. The van der Waals surface area contributed by atoms with Crippen LogP contribution in [0.5, 0.6) is 17.2 Å². The van der Waals surface area contributed by atoms with Crippen molar-refractivity contribution in [3.63, 3.8) is 0 Å². The number of ether oxygens (including phenoxy) is 3. The average Bonchev–Trinajstić information content (AvgIpc) is 2.44. The second-order valence-corrected chi connectivity index (χ2v) is 3.93. The van der Waals surface area contributed by atoms with Crippen LogP contribution in [-0.4, -0.2) is 34.3 Å². The minimum absolute atomic E-state index is 0.146. The molecule has 6 heteroatoms. The summed E-state index contributed by atoms with van der Waals surface area (Å²) in [4.78, 5) is 11.4. The number of benzene rings is 1. The summed E-state index contributed by atoms with van der Waals surface area (Å²) in [6, 6.07) is 2.90. The van der Waals surface area contributed by atoms with Crippen molar-refractivity contribution in [2.75, 3.05) is 28.4 Å². The van der Waals surface area contributed by atoms with E-state index in [0.717, 1.165) is 0 Å². The first-order chi connectivity index (χ1) is 9.07. The molecule has 0 saturated heterocycles. The molecule has 0 fully saturated rings. The first kappa shape index (κ1) is 15.1. The summed E-state index contributed by atoms with van der Waals surface area (Å²) in [6.45, 7) is 0. The van der Waals surface area contributed by atoms with Gasteiger partial charge in [0.25, 0.3) is 0 Å². The molecule has 0 bridgehead atoms. The van der Waals surface area contributed by atoms with Crippen molar-refractivity contribution < 1.29 is 19.0 Å². The molecule has 1 aromatic rings. The molecule has 0 heterocycles. The minimum Gasteiger partial charge on any atom is -0.496 e. The van der Waals surface area contributed by atoms with E-state index in [9.17, 15) is 4.79 Å². The maximum absolute atomic E-state index is 11.4. The van der Waals surface area contributed by atoms with E-state index in [4.69, 9.17) is 19.9 Å². The topological polar surface area (TPSA) is 82.8 Å². The van der Waals surface area contributed by atoms with E-state index in [1.165, 1.54) is 14.2 Å². The molecule has 3 N–H and O–H groups in total. The fourth-order valence-electron chi connectivity index (χ4n) is 1.80. The molecule has 0 saturated carbocycles. The maximum Gasteiger partial charge on any atom is 0.221 e. The highest BCUT2D eigenvalue weighted by Gasteiger charge is 2.21. The predicted molar refractivity (Wildman–Crippen MR) is 71.7 cm³/mol. The molecule has 0 aromatic heterocycles. The summed E-state index contributed by atoms with van der Waals surface area (Å²) in [5.74, 6) is 1.53. The van der Waals surface area contributed by atoms with Gasteiger partial charge < -0.3 is 25.3 Å². The molecule has 0 aliphatic carbocycles. The molecular weight excluding hydrogens is 248 g/mol. The second kappa shape index (κ2) is 6.84. The highest BCUT2D eigenvalue weighted by atomic mass is 16.5. The number of amides is 1. The van der Waals surface area contributed by atoms with Gasteiger partial charge in [0.1, 0.15) is 17.2 Å². The summed E-state index contributed by atoms with van der Waals surface area (Å²) in [6.07, 6.45) is 0.148. The van der Waals surface area contributed by atoms with Crippen LogP contribution in [-0.2, 0) is 4.79 Å². The van der Waals surface area contributed by atoms with E-state index in [1.807, 2.05) is 0 Å². The third-order valence-electron chi connectivity index (χ3n) is 2.81. The van der Waals surface area contributed by atoms with Gasteiger partial charge in [0.05, 0.1) is 26.9 Å². The van der Waals surface area contributed by atoms with Crippen LogP contribution in [0.2, 0.25) is 0 Å². The van der Waals surface area contributed by atoms with Crippen molar-refractivity contribution in [3.8, 4) is 17.2 Å². The molecule has 19 heavy (non-hydrogen) atoms. The first-order valence-corrected chi connectivity index (χ1v) is 5.83. The van der Waals surface area contributed by atoms with Gasteiger partial charge in [-0.15, -0.1) is 0 Å². The van der Waals surface area contributed by atoms with Gasteiger partial charge in [0.2, 0.25) is 5.91 Å². The molecule has 0 aliphatic rings. The Bertz CT molecular complexity index is 423. The molecule has 6 nitrogen and oxygen atoms in total. The Kier molecular flexibility index (Phi) is 5.44. The highest BCUT2D eigenvalue weighted by Crippen LogP contribution is 2.38. The lowest BCUT2D eigenvalue weighted by Crippen LogP contribution is -2.24. The first-order valence-electron chi connectivity index (χ1n) is 5.83. The largest absolute Gasteiger partial charge is 0.496 e. The van der Waals surface area contributed by atoms with Crippen LogP contribution in [0.25, 0.3) is 0 Å². The lowest BCUT2D eigenvalue weighted by Gasteiger charge is -2.19. The Morgan fingerprint density at radius 3 is 2.11 bits per heavy atom. The smallest absolute Gasteiger partial charge is 0.221 e.